The van der Waals surface area contributed by atoms with Gasteiger partial charge in [-0.1, -0.05) is 25.1 Å². The molecule has 1 unspecified atom stereocenters. The van der Waals surface area contributed by atoms with Gasteiger partial charge in [0.25, 0.3) is 0 Å². The molecule has 4 heteroatoms. The number of rotatable bonds is 3. The first-order valence-corrected chi connectivity index (χ1v) is 7.26. The number of carbonyl (C=O) groups is 1. The lowest BCUT2D eigenvalue weighted by Gasteiger charge is -2.22. The Morgan fingerprint density at radius 2 is 2.14 bits per heavy atom. The summed E-state index contributed by atoms with van der Waals surface area (Å²) in [4.78, 5) is 10.9. The lowest BCUT2D eigenvalue weighted by atomic mass is 9.94. The summed E-state index contributed by atoms with van der Waals surface area (Å²) < 4.78 is 24.7. The van der Waals surface area contributed by atoms with Gasteiger partial charge in [-0.25, -0.2) is 4.39 Å². The van der Waals surface area contributed by atoms with E-state index in [-0.39, 0.29) is 17.7 Å². The molecule has 3 nitrogen and oxygen atoms in total. The maximum atomic E-state index is 13.9. The molecule has 2 aromatic carbocycles. The third-order valence-electron chi connectivity index (χ3n) is 3.85. The van der Waals surface area contributed by atoms with Gasteiger partial charge in [0, 0.05) is 24.8 Å². The number of esters is 1. The van der Waals surface area contributed by atoms with E-state index in [1.165, 1.54) is 13.0 Å². The van der Waals surface area contributed by atoms with Crippen molar-refractivity contribution >= 4 is 5.97 Å². The zero-order chi connectivity index (χ0) is 15.7. The Balaban J connectivity index is 1.85. The minimum Gasteiger partial charge on any atom is -0.465 e. The fourth-order valence-corrected chi connectivity index (χ4v) is 2.60. The third-order valence-corrected chi connectivity index (χ3v) is 3.85. The second-order valence-corrected chi connectivity index (χ2v) is 5.57. The van der Waals surface area contributed by atoms with E-state index in [0.29, 0.717) is 24.3 Å². The summed E-state index contributed by atoms with van der Waals surface area (Å²) >= 11 is 0. The van der Waals surface area contributed by atoms with E-state index in [4.69, 9.17) is 9.47 Å². The van der Waals surface area contributed by atoms with Crippen LogP contribution in [-0.2, 0) is 16.0 Å². The van der Waals surface area contributed by atoms with Crippen molar-refractivity contribution in [1.82, 2.24) is 0 Å². The Kier molecular flexibility index (Phi) is 3.84. The van der Waals surface area contributed by atoms with Crippen molar-refractivity contribution in [3.05, 3.63) is 58.9 Å². The summed E-state index contributed by atoms with van der Waals surface area (Å²) in [6.45, 7) is 3.72. The Morgan fingerprint density at radius 1 is 1.32 bits per heavy atom. The van der Waals surface area contributed by atoms with Gasteiger partial charge in [-0.3, -0.25) is 4.79 Å². The fraction of sp³-hybridized carbons (Fsp3) is 0.278. The maximum Gasteiger partial charge on any atom is 0.302 e. The normalized spacial score (nSPS) is 13.6. The molecule has 0 N–H and O–H groups in total. The highest BCUT2D eigenvalue weighted by molar-refractivity contribution is 5.66. The number of benzene rings is 2. The molecule has 0 fully saturated rings. The maximum absolute atomic E-state index is 13.9. The van der Waals surface area contributed by atoms with Crippen molar-refractivity contribution in [2.24, 2.45) is 0 Å². The summed E-state index contributed by atoms with van der Waals surface area (Å²) in [5.74, 6) is 0.872. The minimum absolute atomic E-state index is 0.0798. The van der Waals surface area contributed by atoms with Crippen LogP contribution in [0, 0.1) is 5.82 Å². The van der Waals surface area contributed by atoms with Crippen molar-refractivity contribution in [3.8, 4) is 11.5 Å². The Hall–Kier alpha value is -2.36. The number of hydrogen-bond donors (Lipinski definition) is 0. The van der Waals surface area contributed by atoms with E-state index in [1.54, 1.807) is 12.1 Å². The van der Waals surface area contributed by atoms with Crippen molar-refractivity contribution < 1.29 is 18.7 Å². The van der Waals surface area contributed by atoms with Crippen molar-refractivity contribution in [2.45, 2.75) is 26.2 Å². The van der Waals surface area contributed by atoms with Crippen LogP contribution in [0.25, 0.3) is 0 Å². The smallest absolute Gasteiger partial charge is 0.302 e. The second-order valence-electron chi connectivity index (χ2n) is 5.57. The number of ether oxygens (including phenoxy) is 2. The van der Waals surface area contributed by atoms with Crippen LogP contribution in [-0.4, -0.2) is 12.6 Å². The molecule has 1 heterocycles. The summed E-state index contributed by atoms with van der Waals surface area (Å²) in [6, 6.07) is 10.7. The first kappa shape index (κ1) is 14.6. The van der Waals surface area contributed by atoms with Gasteiger partial charge >= 0.3 is 5.97 Å². The molecule has 0 spiro atoms. The fourth-order valence-electron chi connectivity index (χ4n) is 2.60. The molecule has 0 radical (unpaired) electrons. The van der Waals surface area contributed by atoms with Crippen LogP contribution in [0.1, 0.15) is 36.5 Å². The van der Waals surface area contributed by atoms with Crippen LogP contribution in [0.2, 0.25) is 0 Å². The Morgan fingerprint density at radius 3 is 2.91 bits per heavy atom. The van der Waals surface area contributed by atoms with Crippen molar-refractivity contribution in [3.63, 3.8) is 0 Å². The predicted octanol–water partition coefficient (Wildman–Crippen LogP) is 4.19. The van der Waals surface area contributed by atoms with Crippen molar-refractivity contribution in [2.75, 3.05) is 6.61 Å². The molecule has 3 rings (SSSR count). The topological polar surface area (TPSA) is 35.5 Å². The van der Waals surface area contributed by atoms with Crippen LogP contribution in [0.4, 0.5) is 4.39 Å². The van der Waals surface area contributed by atoms with Gasteiger partial charge in [-0.2, -0.15) is 0 Å². The van der Waals surface area contributed by atoms with E-state index < -0.39 is 0 Å². The van der Waals surface area contributed by atoms with Crippen LogP contribution < -0.4 is 4.74 Å². The highest BCUT2D eigenvalue weighted by Crippen LogP contribution is 2.38. The van der Waals surface area contributed by atoms with Gasteiger partial charge in [0.1, 0.15) is 17.3 Å². The van der Waals surface area contributed by atoms with Crippen molar-refractivity contribution in [1.29, 1.82) is 0 Å². The van der Waals surface area contributed by atoms with Crippen LogP contribution in [0.15, 0.2) is 36.4 Å². The first-order chi connectivity index (χ1) is 10.5. The van der Waals surface area contributed by atoms with Crippen LogP contribution >= 0.6 is 0 Å². The molecule has 0 aromatic heterocycles. The standard InChI is InChI=1S/C18H17FO3/c1-11(10-21-12(2)20)13-6-7-17-14(8-13)9-15-16(19)4-3-5-18(15)22-17/h3-8,11H,9-10H2,1-2H3. The van der Waals surface area contributed by atoms with E-state index in [1.807, 2.05) is 25.1 Å². The van der Waals surface area contributed by atoms with E-state index in [0.717, 1.165) is 16.9 Å². The molecule has 0 amide bonds. The van der Waals surface area contributed by atoms with Crippen LogP contribution in [0.3, 0.4) is 0 Å². The van der Waals surface area contributed by atoms with E-state index in [2.05, 4.69) is 0 Å². The van der Waals surface area contributed by atoms with Gasteiger partial charge in [-0.05, 0) is 29.3 Å². The van der Waals surface area contributed by atoms with Gasteiger partial charge in [-0.15, -0.1) is 0 Å². The zero-order valence-corrected chi connectivity index (χ0v) is 12.6. The molecule has 1 aliphatic heterocycles. The van der Waals surface area contributed by atoms with Gasteiger partial charge in [0.05, 0.1) is 6.61 Å². The monoisotopic (exact) mass is 300 g/mol. The number of fused-ring (bicyclic) bond motifs is 2. The quantitative estimate of drug-likeness (QED) is 0.680. The van der Waals surface area contributed by atoms with E-state index >= 15 is 0 Å². The highest BCUT2D eigenvalue weighted by atomic mass is 19.1. The summed E-state index contributed by atoms with van der Waals surface area (Å²) in [7, 11) is 0. The Bertz CT molecular complexity index is 724. The van der Waals surface area contributed by atoms with Gasteiger partial charge in [0.2, 0.25) is 0 Å². The summed E-state index contributed by atoms with van der Waals surface area (Å²) in [5, 5.41) is 0. The van der Waals surface area contributed by atoms with Gasteiger partial charge < -0.3 is 9.47 Å². The minimum atomic E-state index is -0.288. The van der Waals surface area contributed by atoms with Gasteiger partial charge in [0.15, 0.2) is 0 Å². The number of halogens is 1. The highest BCUT2D eigenvalue weighted by Gasteiger charge is 2.21. The molecule has 0 aliphatic carbocycles. The molecule has 114 valence electrons. The largest absolute Gasteiger partial charge is 0.465 e. The number of hydrogen-bond acceptors (Lipinski definition) is 3. The SMILES string of the molecule is CC(=O)OCC(C)c1ccc2c(c1)Cc1c(F)cccc1O2. The second kappa shape index (κ2) is 5.79. The Labute approximate surface area is 128 Å². The third kappa shape index (κ3) is 2.82. The zero-order valence-electron chi connectivity index (χ0n) is 12.6. The molecular formula is C18H17FO3. The molecule has 0 bridgehead atoms. The molecule has 0 saturated heterocycles. The molecule has 22 heavy (non-hydrogen) atoms. The lowest BCUT2D eigenvalue weighted by Crippen LogP contribution is -2.10. The van der Waals surface area contributed by atoms with Crippen LogP contribution in [0.5, 0.6) is 11.5 Å². The average molecular weight is 300 g/mol. The molecule has 1 aliphatic rings. The molecule has 1 atom stereocenters. The lowest BCUT2D eigenvalue weighted by molar-refractivity contribution is -0.141. The predicted molar refractivity (Wildman–Crippen MR) is 80.8 cm³/mol. The number of carbonyl (C=O) groups excluding carboxylic acids is 1. The molecular weight excluding hydrogens is 283 g/mol. The van der Waals surface area contributed by atoms with E-state index in [9.17, 15) is 9.18 Å². The first-order valence-electron chi connectivity index (χ1n) is 7.26. The summed E-state index contributed by atoms with van der Waals surface area (Å²) in [5.41, 5.74) is 2.58. The molecule has 0 saturated carbocycles. The molecule has 2 aromatic rings. The average Bonchev–Trinajstić information content (AvgIpc) is 2.51. The summed E-state index contributed by atoms with van der Waals surface area (Å²) in [6.07, 6.45) is 0.505.